The smallest absolute Gasteiger partial charge is 0.408 e. The van der Waals surface area contributed by atoms with E-state index < -0.39 is 18.1 Å². The zero-order valence-corrected chi connectivity index (χ0v) is 11.0. The Kier molecular flexibility index (Phi) is 4.95. The summed E-state index contributed by atoms with van der Waals surface area (Å²) in [6, 6.07) is 8.56. The number of aliphatic hydroxyl groups is 1. The van der Waals surface area contributed by atoms with Gasteiger partial charge in [0.05, 0.1) is 0 Å². The van der Waals surface area contributed by atoms with E-state index in [9.17, 15) is 9.59 Å². The largest absolute Gasteiger partial charge is 0.461 e. The first-order valence-corrected chi connectivity index (χ1v) is 6.47. The van der Waals surface area contributed by atoms with Crippen LogP contribution in [-0.4, -0.2) is 35.9 Å². The van der Waals surface area contributed by atoms with Crippen LogP contribution in [-0.2, 0) is 20.9 Å². The summed E-state index contributed by atoms with van der Waals surface area (Å²) >= 11 is 0. The minimum atomic E-state index is -0.699. The summed E-state index contributed by atoms with van der Waals surface area (Å²) in [4.78, 5) is 23.1. The molecule has 0 aromatic heterocycles. The van der Waals surface area contributed by atoms with Crippen LogP contribution in [0.3, 0.4) is 0 Å². The number of hydrogen-bond acceptors (Lipinski definition) is 5. The van der Waals surface area contributed by atoms with Gasteiger partial charge in [0.15, 0.2) is 0 Å². The summed E-state index contributed by atoms with van der Waals surface area (Å²) in [7, 11) is 0. The van der Waals surface area contributed by atoms with Crippen LogP contribution in [0.15, 0.2) is 30.3 Å². The summed E-state index contributed by atoms with van der Waals surface area (Å²) < 4.78 is 10.0. The number of rotatable bonds is 5. The molecule has 1 aromatic rings. The number of cyclic esters (lactones) is 1. The average Bonchev–Trinajstić information content (AvgIpc) is 2.78. The number of amides is 1. The fourth-order valence-corrected chi connectivity index (χ4v) is 2.00. The number of nitrogens with one attached hydrogen (secondary N) is 1. The van der Waals surface area contributed by atoms with E-state index in [1.54, 1.807) is 0 Å². The topological polar surface area (TPSA) is 84.9 Å². The number of ether oxygens (including phenoxy) is 2. The summed E-state index contributed by atoms with van der Waals surface area (Å²) in [5.41, 5.74) is 0.870. The van der Waals surface area contributed by atoms with Gasteiger partial charge in [-0.05, 0) is 5.56 Å². The molecule has 6 nitrogen and oxygen atoms in total. The highest BCUT2D eigenvalue weighted by molar-refractivity contribution is 5.82. The predicted molar refractivity (Wildman–Crippen MR) is 69.8 cm³/mol. The van der Waals surface area contributed by atoms with Crippen molar-refractivity contribution < 1.29 is 24.2 Å². The highest BCUT2D eigenvalue weighted by atomic mass is 16.6. The Bertz CT molecular complexity index is 462. The predicted octanol–water partition coefficient (Wildman–Crippen LogP) is 0.979. The number of aliphatic hydroxyl groups excluding tert-OH is 1. The molecule has 1 fully saturated rings. The first-order valence-electron chi connectivity index (χ1n) is 6.47. The fraction of sp³-hybridized carbons (Fsp3) is 0.429. The lowest BCUT2D eigenvalue weighted by Crippen LogP contribution is -2.38. The van der Waals surface area contributed by atoms with Gasteiger partial charge in [-0.3, -0.25) is 0 Å². The third-order valence-corrected chi connectivity index (χ3v) is 3.02. The molecule has 1 aliphatic heterocycles. The quantitative estimate of drug-likeness (QED) is 0.785. The van der Waals surface area contributed by atoms with E-state index in [1.165, 1.54) is 0 Å². The van der Waals surface area contributed by atoms with E-state index in [4.69, 9.17) is 14.6 Å². The second kappa shape index (κ2) is 6.91. The fourth-order valence-electron chi connectivity index (χ4n) is 2.00. The number of esters is 1. The van der Waals surface area contributed by atoms with Crippen molar-refractivity contribution in [1.82, 2.24) is 5.32 Å². The van der Waals surface area contributed by atoms with E-state index in [2.05, 4.69) is 5.32 Å². The van der Waals surface area contributed by atoms with Gasteiger partial charge < -0.3 is 19.9 Å². The van der Waals surface area contributed by atoms with Gasteiger partial charge >= 0.3 is 12.1 Å². The Balaban J connectivity index is 1.76. The van der Waals surface area contributed by atoms with Crippen LogP contribution in [0, 0.1) is 0 Å². The molecule has 0 saturated carbocycles. The Labute approximate surface area is 116 Å². The first-order chi connectivity index (χ1) is 9.69. The van der Waals surface area contributed by atoms with Crippen molar-refractivity contribution in [3.8, 4) is 0 Å². The van der Waals surface area contributed by atoms with Gasteiger partial charge in [-0.15, -0.1) is 0 Å². The molecule has 1 aliphatic rings. The molecule has 2 N–H and O–H groups in total. The Hall–Kier alpha value is -2.08. The summed E-state index contributed by atoms with van der Waals surface area (Å²) in [6.07, 6.45) is -0.254. The monoisotopic (exact) mass is 279 g/mol. The number of carbonyl (C=O) groups excluding carboxylic acids is 2. The molecule has 108 valence electrons. The van der Waals surface area contributed by atoms with Gasteiger partial charge in [0.25, 0.3) is 0 Å². The molecule has 2 rings (SSSR count). The molecular formula is C14H17NO5. The second-order valence-corrected chi connectivity index (χ2v) is 4.57. The minimum Gasteiger partial charge on any atom is -0.461 e. The molecule has 1 heterocycles. The van der Waals surface area contributed by atoms with Gasteiger partial charge in [-0.2, -0.15) is 0 Å². The lowest BCUT2D eigenvalue weighted by molar-refractivity contribution is -0.143. The minimum absolute atomic E-state index is 0.0525. The lowest BCUT2D eigenvalue weighted by atomic mass is 10.1. The van der Waals surface area contributed by atoms with Crippen LogP contribution in [0.2, 0.25) is 0 Å². The maximum absolute atomic E-state index is 11.6. The van der Waals surface area contributed by atoms with Crippen LogP contribution in [0.4, 0.5) is 4.79 Å². The molecule has 0 spiro atoms. The van der Waals surface area contributed by atoms with Gasteiger partial charge in [-0.1, -0.05) is 30.3 Å². The molecule has 0 bridgehead atoms. The Morgan fingerprint density at radius 1 is 1.40 bits per heavy atom. The van der Waals surface area contributed by atoms with E-state index in [1.807, 2.05) is 30.3 Å². The van der Waals surface area contributed by atoms with Crippen molar-refractivity contribution in [3.05, 3.63) is 35.9 Å². The third kappa shape index (κ3) is 3.96. The molecule has 1 amide bonds. The van der Waals surface area contributed by atoms with Crippen molar-refractivity contribution >= 4 is 12.1 Å². The van der Waals surface area contributed by atoms with Gasteiger partial charge in [0.2, 0.25) is 0 Å². The molecule has 0 radical (unpaired) electrons. The number of alkyl carbamates (subject to hydrolysis) is 1. The molecule has 1 aromatic carbocycles. The van der Waals surface area contributed by atoms with E-state index in [-0.39, 0.29) is 19.3 Å². The van der Waals surface area contributed by atoms with Crippen molar-refractivity contribution in [2.45, 2.75) is 31.6 Å². The third-order valence-electron chi connectivity index (χ3n) is 3.02. The second-order valence-electron chi connectivity index (χ2n) is 4.57. The molecule has 6 heteroatoms. The number of carbonyl (C=O) groups is 2. The van der Waals surface area contributed by atoms with Gasteiger partial charge in [0, 0.05) is 19.4 Å². The average molecular weight is 279 g/mol. The molecule has 0 aliphatic carbocycles. The van der Waals surface area contributed by atoms with Crippen molar-refractivity contribution in [2.24, 2.45) is 0 Å². The van der Waals surface area contributed by atoms with E-state index >= 15 is 0 Å². The van der Waals surface area contributed by atoms with E-state index in [0.717, 1.165) is 5.56 Å². The van der Waals surface area contributed by atoms with Crippen LogP contribution in [0.1, 0.15) is 18.4 Å². The van der Waals surface area contributed by atoms with Crippen LogP contribution >= 0.6 is 0 Å². The molecular weight excluding hydrogens is 262 g/mol. The van der Waals surface area contributed by atoms with Crippen molar-refractivity contribution in [1.29, 1.82) is 0 Å². The molecule has 0 unspecified atom stereocenters. The van der Waals surface area contributed by atoms with Gasteiger partial charge in [0.1, 0.15) is 18.8 Å². The number of hydrogen-bond donors (Lipinski definition) is 2. The maximum atomic E-state index is 11.6. The molecule has 2 atom stereocenters. The Morgan fingerprint density at radius 3 is 2.85 bits per heavy atom. The molecule has 20 heavy (non-hydrogen) atoms. The summed E-state index contributed by atoms with van der Waals surface area (Å²) in [6.45, 7) is 0.0949. The van der Waals surface area contributed by atoms with Crippen LogP contribution in [0.5, 0.6) is 0 Å². The van der Waals surface area contributed by atoms with E-state index in [0.29, 0.717) is 12.8 Å². The van der Waals surface area contributed by atoms with Crippen molar-refractivity contribution in [2.75, 3.05) is 6.61 Å². The summed E-state index contributed by atoms with van der Waals surface area (Å²) in [5, 5.41) is 11.3. The SMILES string of the molecule is O=C(N[C@@H]1C[C@H](CCO)OC1=O)OCc1ccccc1. The lowest BCUT2D eigenvalue weighted by Gasteiger charge is -2.09. The zero-order chi connectivity index (χ0) is 14.4. The van der Waals surface area contributed by atoms with Crippen LogP contribution in [0.25, 0.3) is 0 Å². The Morgan fingerprint density at radius 2 is 2.15 bits per heavy atom. The van der Waals surface area contributed by atoms with Crippen molar-refractivity contribution in [3.63, 3.8) is 0 Å². The first kappa shape index (κ1) is 14.3. The van der Waals surface area contributed by atoms with Crippen LogP contribution < -0.4 is 5.32 Å². The normalized spacial score (nSPS) is 21.4. The standard InChI is InChI=1S/C14H17NO5/c16-7-6-11-8-12(13(17)20-11)15-14(18)19-9-10-4-2-1-3-5-10/h1-5,11-12,16H,6-9H2,(H,15,18)/t11-,12+/m0/s1. The highest BCUT2D eigenvalue weighted by Crippen LogP contribution is 2.17. The summed E-state index contributed by atoms with van der Waals surface area (Å²) in [5.74, 6) is -0.486. The highest BCUT2D eigenvalue weighted by Gasteiger charge is 2.35. The van der Waals surface area contributed by atoms with Gasteiger partial charge in [-0.25, -0.2) is 9.59 Å². The molecule has 1 saturated heterocycles. The maximum Gasteiger partial charge on any atom is 0.408 e. The zero-order valence-electron chi connectivity index (χ0n) is 11.0. The number of benzene rings is 1.